The minimum absolute atomic E-state index is 0.122. The molecule has 4 rings (SSSR count). The van der Waals surface area contributed by atoms with Gasteiger partial charge in [0.05, 0.1) is 5.69 Å². The normalized spacial score (nSPS) is 13.6. The zero-order valence-corrected chi connectivity index (χ0v) is 13.0. The van der Waals surface area contributed by atoms with Crippen LogP contribution in [0.1, 0.15) is 12.0 Å². The lowest BCUT2D eigenvalue weighted by Gasteiger charge is -2.29. The molecule has 0 saturated carbocycles. The second-order valence-corrected chi connectivity index (χ2v) is 5.84. The Morgan fingerprint density at radius 2 is 1.88 bits per heavy atom. The third-order valence-corrected chi connectivity index (χ3v) is 4.28. The van der Waals surface area contributed by atoms with Gasteiger partial charge in [-0.3, -0.25) is 9.47 Å². The number of carbonyl (C=O) groups is 1. The number of anilines is 1. The van der Waals surface area contributed by atoms with Gasteiger partial charge >= 0.3 is 6.03 Å². The fraction of sp³-hybridized carbons (Fsp3) is 0.158. The number of hydrogen-bond acceptors (Lipinski definition) is 2. The Bertz CT molecular complexity index is 886. The van der Waals surface area contributed by atoms with Crippen LogP contribution < -0.4 is 4.90 Å². The molecule has 0 spiro atoms. The van der Waals surface area contributed by atoms with Crippen LogP contribution in [0.2, 0.25) is 0 Å². The van der Waals surface area contributed by atoms with Crippen molar-refractivity contribution in [3.63, 3.8) is 0 Å². The van der Waals surface area contributed by atoms with E-state index >= 15 is 0 Å². The van der Waals surface area contributed by atoms with Crippen molar-refractivity contribution in [3.05, 3.63) is 72.4 Å². The van der Waals surface area contributed by atoms with Crippen molar-refractivity contribution in [2.24, 2.45) is 0 Å². The summed E-state index contributed by atoms with van der Waals surface area (Å²) in [5, 5.41) is 0. The first kappa shape index (κ1) is 14.6. The van der Waals surface area contributed by atoms with Crippen molar-refractivity contribution >= 4 is 11.7 Å². The summed E-state index contributed by atoms with van der Waals surface area (Å²) in [6.45, 7) is 0.694. The number of benzene rings is 2. The molecule has 0 aliphatic carbocycles. The van der Waals surface area contributed by atoms with Crippen LogP contribution in [0.3, 0.4) is 0 Å². The molecule has 0 fully saturated rings. The van der Waals surface area contributed by atoms with Crippen molar-refractivity contribution in [1.82, 2.24) is 9.55 Å². The highest BCUT2D eigenvalue weighted by Crippen LogP contribution is 2.27. The second-order valence-electron chi connectivity index (χ2n) is 5.84. The third-order valence-electron chi connectivity index (χ3n) is 4.28. The van der Waals surface area contributed by atoms with E-state index in [4.69, 9.17) is 0 Å². The van der Waals surface area contributed by atoms with Crippen molar-refractivity contribution in [2.45, 2.75) is 12.8 Å². The van der Waals surface area contributed by atoms with Gasteiger partial charge in [-0.15, -0.1) is 0 Å². The van der Waals surface area contributed by atoms with Crippen molar-refractivity contribution < 1.29 is 9.18 Å². The van der Waals surface area contributed by atoms with Crippen LogP contribution >= 0.6 is 0 Å². The average Bonchev–Trinajstić information content (AvgIpc) is 3.11. The van der Waals surface area contributed by atoms with Gasteiger partial charge in [-0.1, -0.05) is 18.2 Å². The molecule has 0 unspecified atom stereocenters. The molecule has 5 heteroatoms. The molecule has 1 aliphatic rings. The predicted octanol–water partition coefficient (Wildman–Crippen LogP) is 4.11. The summed E-state index contributed by atoms with van der Waals surface area (Å²) in [6, 6.07) is 13.9. The van der Waals surface area contributed by atoms with Gasteiger partial charge in [0.25, 0.3) is 0 Å². The molecule has 2 aromatic carbocycles. The van der Waals surface area contributed by atoms with Crippen LogP contribution in [0.5, 0.6) is 0 Å². The van der Waals surface area contributed by atoms with Gasteiger partial charge in [0.1, 0.15) is 12.1 Å². The number of para-hydroxylation sites is 1. The summed E-state index contributed by atoms with van der Waals surface area (Å²) in [5.74, 6) is -0.292. The SMILES string of the molecule is O=C(N1CCCc2ccccc21)n1cnc(-c2ccc(F)cc2)c1. The minimum Gasteiger partial charge on any atom is -0.293 e. The Morgan fingerprint density at radius 3 is 2.71 bits per heavy atom. The van der Waals surface area contributed by atoms with E-state index in [1.165, 1.54) is 28.6 Å². The van der Waals surface area contributed by atoms with E-state index in [1.807, 2.05) is 18.2 Å². The van der Waals surface area contributed by atoms with Crippen molar-refractivity contribution in [2.75, 3.05) is 11.4 Å². The molecular weight excluding hydrogens is 305 g/mol. The molecule has 120 valence electrons. The maximum atomic E-state index is 13.0. The summed E-state index contributed by atoms with van der Waals surface area (Å²) < 4.78 is 14.5. The first-order chi connectivity index (χ1) is 11.7. The Kier molecular flexibility index (Phi) is 3.61. The lowest BCUT2D eigenvalue weighted by atomic mass is 10.0. The molecular formula is C19H16FN3O. The summed E-state index contributed by atoms with van der Waals surface area (Å²) in [6.07, 6.45) is 5.14. The highest BCUT2D eigenvalue weighted by molar-refractivity contribution is 5.95. The topological polar surface area (TPSA) is 38.1 Å². The highest BCUT2D eigenvalue weighted by Gasteiger charge is 2.23. The maximum absolute atomic E-state index is 13.0. The Morgan fingerprint density at radius 1 is 1.08 bits per heavy atom. The number of nitrogens with zero attached hydrogens (tertiary/aromatic N) is 3. The zero-order valence-electron chi connectivity index (χ0n) is 13.0. The lowest BCUT2D eigenvalue weighted by Crippen LogP contribution is -2.38. The first-order valence-electron chi connectivity index (χ1n) is 7.92. The smallest absolute Gasteiger partial charge is 0.293 e. The average molecular weight is 321 g/mol. The van der Waals surface area contributed by atoms with E-state index in [1.54, 1.807) is 23.2 Å². The first-order valence-corrected chi connectivity index (χ1v) is 7.92. The number of rotatable bonds is 1. The number of imidazole rings is 1. The molecule has 2 heterocycles. The number of aromatic nitrogens is 2. The molecule has 1 amide bonds. The predicted molar refractivity (Wildman–Crippen MR) is 90.5 cm³/mol. The number of halogens is 1. The third kappa shape index (κ3) is 2.58. The van der Waals surface area contributed by atoms with E-state index in [0.717, 1.165) is 24.1 Å². The summed E-state index contributed by atoms with van der Waals surface area (Å²) >= 11 is 0. The number of carbonyl (C=O) groups excluding carboxylic acids is 1. The number of fused-ring (bicyclic) bond motifs is 1. The van der Waals surface area contributed by atoms with Crippen LogP contribution in [-0.4, -0.2) is 22.1 Å². The maximum Gasteiger partial charge on any atom is 0.333 e. The van der Waals surface area contributed by atoms with Gasteiger partial charge in [-0.2, -0.15) is 0 Å². The van der Waals surface area contributed by atoms with Gasteiger partial charge in [-0.05, 0) is 48.7 Å². The van der Waals surface area contributed by atoms with Crippen LogP contribution in [0.15, 0.2) is 61.1 Å². The molecule has 3 aromatic rings. The van der Waals surface area contributed by atoms with E-state index in [2.05, 4.69) is 11.1 Å². The summed E-state index contributed by atoms with van der Waals surface area (Å²) in [7, 11) is 0. The zero-order chi connectivity index (χ0) is 16.5. The van der Waals surface area contributed by atoms with Crippen molar-refractivity contribution in [1.29, 1.82) is 0 Å². The largest absolute Gasteiger partial charge is 0.333 e. The Hall–Kier alpha value is -2.95. The Balaban J connectivity index is 1.63. The minimum atomic E-state index is -0.292. The van der Waals surface area contributed by atoms with E-state index in [9.17, 15) is 9.18 Å². The van der Waals surface area contributed by atoms with Gasteiger partial charge in [-0.25, -0.2) is 14.2 Å². The number of hydrogen-bond donors (Lipinski definition) is 0. The summed E-state index contributed by atoms with van der Waals surface area (Å²) in [5.41, 5.74) is 3.58. The molecule has 1 aliphatic heterocycles. The fourth-order valence-corrected chi connectivity index (χ4v) is 3.07. The number of aryl methyl sites for hydroxylation is 1. The summed E-state index contributed by atoms with van der Waals surface area (Å²) in [4.78, 5) is 18.9. The molecule has 0 N–H and O–H groups in total. The molecule has 1 aromatic heterocycles. The van der Waals surface area contributed by atoms with E-state index in [-0.39, 0.29) is 11.8 Å². The molecule has 0 saturated heterocycles. The quantitative estimate of drug-likeness (QED) is 0.676. The Labute approximate surface area is 139 Å². The molecule has 0 atom stereocenters. The monoisotopic (exact) mass is 321 g/mol. The van der Waals surface area contributed by atoms with Gasteiger partial charge in [0.2, 0.25) is 0 Å². The van der Waals surface area contributed by atoms with E-state index < -0.39 is 0 Å². The lowest BCUT2D eigenvalue weighted by molar-refractivity contribution is 0.247. The van der Waals surface area contributed by atoms with Gasteiger partial charge in [0, 0.05) is 24.0 Å². The molecule has 0 radical (unpaired) electrons. The van der Waals surface area contributed by atoms with Crippen LogP contribution in [0.4, 0.5) is 14.9 Å². The van der Waals surface area contributed by atoms with Crippen LogP contribution in [-0.2, 0) is 6.42 Å². The van der Waals surface area contributed by atoms with Crippen molar-refractivity contribution in [3.8, 4) is 11.3 Å². The van der Waals surface area contributed by atoms with Gasteiger partial charge in [0.15, 0.2) is 0 Å². The highest BCUT2D eigenvalue weighted by atomic mass is 19.1. The van der Waals surface area contributed by atoms with Gasteiger partial charge < -0.3 is 0 Å². The fourth-order valence-electron chi connectivity index (χ4n) is 3.07. The molecule has 24 heavy (non-hydrogen) atoms. The second kappa shape index (κ2) is 5.92. The molecule has 4 nitrogen and oxygen atoms in total. The standard InChI is InChI=1S/C19H16FN3O/c20-16-9-7-14(8-10-16)17-12-22(13-21-17)19(24)23-11-3-5-15-4-1-2-6-18(15)23/h1-2,4,6-10,12-13H,3,5,11H2. The number of amides is 1. The molecule has 0 bridgehead atoms. The van der Waals surface area contributed by atoms with Crippen LogP contribution in [0, 0.1) is 5.82 Å². The van der Waals surface area contributed by atoms with Crippen LogP contribution in [0.25, 0.3) is 11.3 Å². The van der Waals surface area contributed by atoms with E-state index in [0.29, 0.717) is 12.2 Å².